The molecule has 1 unspecified atom stereocenters. The number of carbonyl (C=O) groups is 2. The molecule has 1 aromatic heterocycles. The van der Waals surface area contributed by atoms with E-state index in [1.165, 1.54) is 89.5 Å². The summed E-state index contributed by atoms with van der Waals surface area (Å²) in [6, 6.07) is 13.6. The molecule has 0 spiro atoms. The predicted octanol–water partition coefficient (Wildman–Crippen LogP) is 9.47. The van der Waals surface area contributed by atoms with Crippen LogP contribution in [0, 0.1) is 0 Å². The molecule has 1 atom stereocenters. The molecule has 0 aliphatic carbocycles. The molecule has 260 valence electrons. The van der Waals surface area contributed by atoms with Crippen molar-refractivity contribution in [1.82, 2.24) is 15.3 Å². The zero-order valence-corrected chi connectivity index (χ0v) is 30.0. The molecule has 0 saturated heterocycles. The maximum atomic E-state index is 13.6. The second-order valence-corrected chi connectivity index (χ2v) is 13.6. The van der Waals surface area contributed by atoms with Crippen molar-refractivity contribution in [3.05, 3.63) is 76.1 Å². The van der Waals surface area contributed by atoms with Crippen molar-refractivity contribution in [2.24, 2.45) is 0 Å². The van der Waals surface area contributed by atoms with E-state index in [9.17, 15) is 14.7 Å². The number of methoxy groups -OCH3 is 2. The van der Waals surface area contributed by atoms with E-state index >= 15 is 0 Å². The predicted molar refractivity (Wildman–Crippen MR) is 194 cm³/mol. The first-order chi connectivity index (χ1) is 23.4. The van der Waals surface area contributed by atoms with E-state index < -0.39 is 17.9 Å². The number of hydrogen-bond donors (Lipinski definition) is 3. The maximum Gasteiger partial charge on any atom is 0.336 e. The Labute approximate surface area is 290 Å². The van der Waals surface area contributed by atoms with Gasteiger partial charge in [0.2, 0.25) is 0 Å². The summed E-state index contributed by atoms with van der Waals surface area (Å²) in [5.74, 6) is -1.61. The number of H-pyrrole nitrogens is 1. The lowest BCUT2D eigenvalue weighted by atomic mass is 9.77. The number of ether oxygens (including phenoxy) is 2. The Morgan fingerprint density at radius 1 is 0.854 bits per heavy atom. The Morgan fingerprint density at radius 3 is 2.10 bits per heavy atom. The minimum atomic E-state index is -1.09. The highest BCUT2D eigenvalue weighted by Gasteiger charge is 2.40. The highest BCUT2D eigenvalue weighted by atomic mass is 32.2. The number of aryl methyl sites for hydroxylation is 1. The normalized spacial score (nSPS) is 14.8. The number of thioether (sulfide) groups is 1. The van der Waals surface area contributed by atoms with Crippen LogP contribution in [0.1, 0.15) is 114 Å². The number of unbranched alkanes of at least 4 members (excludes halogenated alkanes) is 12. The summed E-state index contributed by atoms with van der Waals surface area (Å²) < 4.78 is 11.2. The minimum absolute atomic E-state index is 0.115. The number of allylic oxidation sites excluding steroid dienone is 1. The molecule has 8 nitrogen and oxygen atoms in total. The number of aromatic nitrogens is 2. The minimum Gasteiger partial charge on any atom is -0.496 e. The van der Waals surface area contributed by atoms with Gasteiger partial charge in [-0.2, -0.15) is 0 Å². The third-order valence-electron chi connectivity index (χ3n) is 9.22. The molecule has 4 rings (SSSR count). The fourth-order valence-electron chi connectivity index (χ4n) is 6.72. The Hall–Kier alpha value is -3.72. The summed E-state index contributed by atoms with van der Waals surface area (Å²) in [5, 5.41) is 14.5. The average Bonchev–Trinajstić information content (AvgIpc) is 3.51. The Balaban J connectivity index is 1.50. The quantitative estimate of drug-likeness (QED) is 0.0581. The summed E-state index contributed by atoms with van der Waals surface area (Å²) in [4.78, 5) is 34.4. The second kappa shape index (κ2) is 19.3. The summed E-state index contributed by atoms with van der Waals surface area (Å²) >= 11 is 1.44. The van der Waals surface area contributed by atoms with Crippen LogP contribution in [0.5, 0.6) is 5.75 Å². The number of nitrogens with one attached hydrogen (secondary N) is 2. The van der Waals surface area contributed by atoms with Gasteiger partial charge >= 0.3 is 11.9 Å². The number of fused-ring (bicyclic) bond motifs is 1. The van der Waals surface area contributed by atoms with Crippen molar-refractivity contribution < 1.29 is 24.2 Å². The number of esters is 1. The number of carbonyl (C=O) groups excluding carboxylic acids is 1. The third kappa shape index (κ3) is 9.91. The molecule has 3 aromatic rings. The Morgan fingerprint density at radius 2 is 1.50 bits per heavy atom. The fraction of sp³-hybridized carbons (Fsp3) is 0.513. The topological polar surface area (TPSA) is 114 Å². The van der Waals surface area contributed by atoms with Gasteiger partial charge in [0.25, 0.3) is 0 Å². The molecule has 0 saturated carbocycles. The molecular formula is C39H53N3O5S. The SMILES string of the molecule is CCCCCCCCCCCCCCCc1cccc(OC)c1C1C(C(=O)O)=C(C)NC(CSc2nc3ccccc3[nH]2)=C1C(=O)OC. The van der Waals surface area contributed by atoms with Crippen LogP contribution in [0.4, 0.5) is 0 Å². The first-order valence-corrected chi connectivity index (χ1v) is 18.6. The van der Waals surface area contributed by atoms with Gasteiger partial charge in [-0.3, -0.25) is 0 Å². The number of aromatic amines is 1. The van der Waals surface area contributed by atoms with Gasteiger partial charge in [0.05, 0.1) is 42.3 Å². The number of nitrogens with zero attached hydrogens (tertiary/aromatic N) is 1. The lowest BCUT2D eigenvalue weighted by Gasteiger charge is -2.32. The van der Waals surface area contributed by atoms with E-state index in [0.717, 1.165) is 35.9 Å². The monoisotopic (exact) mass is 675 g/mol. The van der Waals surface area contributed by atoms with Crippen LogP contribution in [0.15, 0.2) is 70.2 Å². The summed E-state index contributed by atoms with van der Waals surface area (Å²) in [6.07, 6.45) is 17.3. The van der Waals surface area contributed by atoms with Crippen LogP contribution in [-0.2, 0) is 20.7 Å². The first-order valence-electron chi connectivity index (χ1n) is 17.6. The van der Waals surface area contributed by atoms with Gasteiger partial charge in [-0.25, -0.2) is 14.6 Å². The van der Waals surface area contributed by atoms with Gasteiger partial charge in [-0.1, -0.05) is 120 Å². The van der Waals surface area contributed by atoms with Crippen LogP contribution in [0.2, 0.25) is 0 Å². The zero-order chi connectivity index (χ0) is 34.3. The smallest absolute Gasteiger partial charge is 0.336 e. The highest BCUT2D eigenvalue weighted by molar-refractivity contribution is 7.99. The van der Waals surface area contributed by atoms with Crippen LogP contribution in [0.3, 0.4) is 0 Å². The Kier molecular flexibility index (Phi) is 14.9. The third-order valence-corrected chi connectivity index (χ3v) is 10.1. The molecule has 3 N–H and O–H groups in total. The van der Waals surface area contributed by atoms with Crippen molar-refractivity contribution in [3.8, 4) is 5.75 Å². The average molecular weight is 676 g/mol. The van der Waals surface area contributed by atoms with Crippen LogP contribution >= 0.6 is 11.8 Å². The molecule has 2 aromatic carbocycles. The summed E-state index contributed by atoms with van der Waals surface area (Å²) in [7, 11) is 2.92. The van der Waals surface area contributed by atoms with Crippen molar-refractivity contribution in [2.45, 2.75) is 115 Å². The van der Waals surface area contributed by atoms with E-state index in [1.807, 2.05) is 42.5 Å². The van der Waals surface area contributed by atoms with Gasteiger partial charge in [0, 0.05) is 22.7 Å². The van der Waals surface area contributed by atoms with E-state index in [1.54, 1.807) is 14.0 Å². The van der Waals surface area contributed by atoms with Gasteiger partial charge in [-0.05, 0) is 43.5 Å². The fourth-order valence-corrected chi connectivity index (χ4v) is 7.57. The number of para-hydroxylation sites is 2. The van der Waals surface area contributed by atoms with E-state index in [4.69, 9.17) is 9.47 Å². The molecule has 0 bridgehead atoms. The number of aliphatic carboxylic acids is 1. The van der Waals surface area contributed by atoms with Gasteiger partial charge in [-0.15, -0.1) is 0 Å². The number of rotatable bonds is 21. The Bertz CT molecular complexity index is 1540. The maximum absolute atomic E-state index is 13.6. The van der Waals surface area contributed by atoms with Crippen molar-refractivity contribution in [1.29, 1.82) is 0 Å². The lowest BCUT2D eigenvalue weighted by molar-refractivity contribution is -0.136. The molecule has 2 heterocycles. The molecule has 9 heteroatoms. The molecule has 1 aliphatic heterocycles. The van der Waals surface area contributed by atoms with E-state index in [2.05, 4.69) is 22.2 Å². The van der Waals surface area contributed by atoms with E-state index in [0.29, 0.717) is 33.6 Å². The molecule has 0 radical (unpaired) electrons. The van der Waals surface area contributed by atoms with Crippen LogP contribution in [-0.4, -0.2) is 47.0 Å². The number of carboxylic acid groups (broad SMARTS) is 1. The number of hydrogen-bond acceptors (Lipinski definition) is 7. The van der Waals surface area contributed by atoms with Gasteiger partial charge < -0.3 is 24.9 Å². The van der Waals surface area contributed by atoms with Crippen molar-refractivity contribution in [2.75, 3.05) is 20.0 Å². The standard InChI is InChI=1S/C39H53N3O5S/c1-5-6-7-8-9-10-11-12-13-14-15-16-17-21-28-22-20-25-32(46-3)34(28)36-33(37(43)44)27(2)40-31(35(36)38(45)47-4)26-48-39-41-29-23-18-19-24-30(29)42-39/h18-20,22-25,36,40H,5-17,21,26H2,1-4H3,(H,41,42)(H,43,44). The lowest BCUT2D eigenvalue weighted by Crippen LogP contribution is -2.34. The zero-order valence-electron chi connectivity index (χ0n) is 29.2. The number of carboxylic acids is 1. The molecular weight excluding hydrogens is 623 g/mol. The van der Waals surface area contributed by atoms with Crippen LogP contribution < -0.4 is 10.1 Å². The highest BCUT2D eigenvalue weighted by Crippen LogP contribution is 2.45. The largest absolute Gasteiger partial charge is 0.496 e. The van der Waals surface area contributed by atoms with Crippen LogP contribution in [0.25, 0.3) is 11.0 Å². The van der Waals surface area contributed by atoms with E-state index in [-0.39, 0.29) is 11.1 Å². The van der Waals surface area contributed by atoms with Gasteiger partial charge in [0.1, 0.15) is 5.75 Å². The first kappa shape index (κ1) is 37.1. The number of imidazole rings is 1. The van der Waals surface area contributed by atoms with Crippen molar-refractivity contribution >= 4 is 34.7 Å². The second-order valence-electron chi connectivity index (χ2n) is 12.7. The number of dihydropyridines is 1. The molecule has 0 fully saturated rings. The van der Waals surface area contributed by atoms with Crippen molar-refractivity contribution in [3.63, 3.8) is 0 Å². The van der Waals surface area contributed by atoms with Gasteiger partial charge in [0.15, 0.2) is 5.16 Å². The summed E-state index contributed by atoms with van der Waals surface area (Å²) in [6.45, 7) is 4.01. The molecule has 0 amide bonds. The molecule has 48 heavy (non-hydrogen) atoms. The number of benzene rings is 2. The summed E-state index contributed by atoms with van der Waals surface area (Å²) in [5.41, 5.74) is 4.95. The molecule has 1 aliphatic rings.